The Bertz CT molecular complexity index is 1830. The van der Waals surface area contributed by atoms with E-state index in [1.54, 1.807) is 29.2 Å². The van der Waals surface area contributed by atoms with Gasteiger partial charge >= 0.3 is 21.1 Å². The molecular formula is C37H23N4OPt2-3. The first kappa shape index (κ1) is 32.6. The topological polar surface area (TPSA) is 33.5 Å². The van der Waals surface area contributed by atoms with Gasteiger partial charge in [-0.1, -0.05) is 17.9 Å². The van der Waals surface area contributed by atoms with E-state index in [0.717, 1.165) is 28.2 Å². The molecule has 0 amide bonds. The Kier molecular flexibility index (Phi) is 11.4. The molecule has 0 saturated heterocycles. The molecule has 5 nitrogen and oxygen atoms in total. The maximum Gasteiger partial charge on any atom is 4.00 e. The summed E-state index contributed by atoms with van der Waals surface area (Å²) in [6, 6.07) is 49.7. The van der Waals surface area contributed by atoms with Crippen molar-refractivity contribution in [3.05, 3.63) is 159 Å². The zero-order chi connectivity index (χ0) is 28.7. The van der Waals surface area contributed by atoms with Crippen LogP contribution in [0.5, 0.6) is 11.5 Å². The molecule has 7 rings (SSSR count). The van der Waals surface area contributed by atoms with Gasteiger partial charge in [0.2, 0.25) is 0 Å². The fraction of sp³-hybridized carbons (Fsp3) is 0.0270. The third-order valence-electron chi connectivity index (χ3n) is 6.42. The van der Waals surface area contributed by atoms with Crippen molar-refractivity contribution >= 4 is 17.1 Å². The average Bonchev–Trinajstić information content (AvgIpc) is 3.70. The Hall–Kier alpha value is -4.35. The molecule has 0 radical (unpaired) electrons. The van der Waals surface area contributed by atoms with Gasteiger partial charge in [0.05, 0.1) is 0 Å². The molecule has 0 saturated carbocycles. The summed E-state index contributed by atoms with van der Waals surface area (Å²) >= 11 is 0. The number of aromatic nitrogens is 2. The van der Waals surface area contributed by atoms with E-state index in [1.807, 2.05) is 92.6 Å². The summed E-state index contributed by atoms with van der Waals surface area (Å²) in [5, 5.41) is 0. The number of para-hydroxylation sites is 2. The number of nitrogens with zero attached hydrogens (tertiary/aromatic N) is 4. The van der Waals surface area contributed by atoms with Gasteiger partial charge in [-0.2, -0.15) is 54.8 Å². The first-order chi connectivity index (χ1) is 20.7. The van der Waals surface area contributed by atoms with E-state index < -0.39 is 0 Å². The number of ether oxygens (including phenoxy) is 1. The van der Waals surface area contributed by atoms with Crippen LogP contribution in [0.3, 0.4) is 0 Å². The fourth-order valence-electron chi connectivity index (χ4n) is 4.44. The van der Waals surface area contributed by atoms with E-state index in [2.05, 4.69) is 63.3 Å². The maximum absolute atomic E-state index is 6.57. The third kappa shape index (κ3) is 7.58. The summed E-state index contributed by atoms with van der Waals surface area (Å²) in [5.41, 5.74) is 6.34. The van der Waals surface area contributed by atoms with Crippen LogP contribution in [0.25, 0.3) is 22.4 Å². The van der Waals surface area contributed by atoms with Crippen molar-refractivity contribution in [1.29, 1.82) is 0 Å². The number of fused-ring (bicyclic) bond motifs is 1. The van der Waals surface area contributed by atoms with Crippen LogP contribution >= 0.6 is 0 Å². The van der Waals surface area contributed by atoms with Crippen molar-refractivity contribution in [3.8, 4) is 39.9 Å². The second kappa shape index (κ2) is 15.4. The van der Waals surface area contributed by atoms with E-state index in [-0.39, 0.29) is 42.1 Å². The van der Waals surface area contributed by atoms with Crippen LogP contribution in [-0.2, 0) is 42.1 Å². The predicted molar refractivity (Wildman–Crippen MR) is 164 cm³/mol. The van der Waals surface area contributed by atoms with E-state index in [9.17, 15) is 0 Å². The van der Waals surface area contributed by atoms with Crippen LogP contribution in [0.15, 0.2) is 116 Å². The normalized spacial score (nSPS) is 11.2. The van der Waals surface area contributed by atoms with Gasteiger partial charge in [-0.3, -0.25) is 12.1 Å². The number of rotatable bonds is 5. The number of anilines is 3. The van der Waals surface area contributed by atoms with Crippen LogP contribution in [0.1, 0.15) is 0 Å². The summed E-state index contributed by atoms with van der Waals surface area (Å²) in [7, 11) is 2.03. The Morgan fingerprint density at radius 3 is 2.30 bits per heavy atom. The molecule has 1 aliphatic rings. The smallest absolute Gasteiger partial charge is 0.669 e. The minimum Gasteiger partial charge on any atom is -0.669 e. The van der Waals surface area contributed by atoms with Crippen LogP contribution < -0.4 is 14.5 Å². The number of hydrogen-bond donors (Lipinski definition) is 0. The van der Waals surface area contributed by atoms with E-state index in [1.165, 1.54) is 0 Å². The SMILES string of the molecule is CN1[CH-]N(c2[c-]c(Oc3[c-]c(-c4[c-]c(-c5[c-]cccc5)ccn4)[c-]cc3)ccc2)c2ccccc21.[C-]#Cn1cccc1.[Pt+4].[Pt]. The first-order valence-corrected chi connectivity index (χ1v) is 13.2. The molecule has 7 heteroatoms. The second-order valence-electron chi connectivity index (χ2n) is 9.24. The minimum absolute atomic E-state index is 0. The van der Waals surface area contributed by atoms with Gasteiger partial charge in [-0.05, 0) is 37.5 Å². The van der Waals surface area contributed by atoms with E-state index >= 15 is 0 Å². The summed E-state index contributed by atoms with van der Waals surface area (Å²) < 4.78 is 7.68. The van der Waals surface area contributed by atoms with Gasteiger partial charge in [0.1, 0.15) is 0 Å². The van der Waals surface area contributed by atoms with Crippen molar-refractivity contribution in [2.24, 2.45) is 0 Å². The largest absolute Gasteiger partial charge is 4.00 e. The predicted octanol–water partition coefficient (Wildman–Crippen LogP) is 7.79. The molecule has 0 bridgehead atoms. The van der Waals surface area contributed by atoms with Crippen LogP contribution in [0, 0.1) is 49.5 Å². The van der Waals surface area contributed by atoms with Gasteiger partial charge in [-0.25, -0.2) is 23.2 Å². The molecule has 0 unspecified atom stereocenters. The van der Waals surface area contributed by atoms with Crippen molar-refractivity contribution in [2.75, 3.05) is 16.8 Å². The Balaban J connectivity index is 0.000000436. The van der Waals surface area contributed by atoms with Crippen molar-refractivity contribution in [2.45, 2.75) is 0 Å². The molecule has 220 valence electrons. The molecule has 44 heavy (non-hydrogen) atoms. The van der Waals surface area contributed by atoms with Crippen molar-refractivity contribution < 1.29 is 46.9 Å². The fourth-order valence-corrected chi connectivity index (χ4v) is 4.44. The number of pyridine rings is 1. The van der Waals surface area contributed by atoms with E-state index in [0.29, 0.717) is 22.8 Å². The molecular weight excluding hydrogens is 907 g/mol. The summed E-state index contributed by atoms with van der Waals surface area (Å²) in [6.07, 6.45) is 11.8. The van der Waals surface area contributed by atoms with Gasteiger partial charge in [0, 0.05) is 50.6 Å². The molecule has 6 aromatic rings. The third-order valence-corrected chi connectivity index (χ3v) is 6.42. The quantitative estimate of drug-likeness (QED) is 0.131. The number of benzene rings is 4. The molecule has 2 aromatic heterocycles. The van der Waals surface area contributed by atoms with Gasteiger partial charge < -0.3 is 42.1 Å². The zero-order valence-corrected chi connectivity index (χ0v) is 27.9. The molecule has 4 aromatic carbocycles. The summed E-state index contributed by atoms with van der Waals surface area (Å²) in [4.78, 5) is 8.66. The van der Waals surface area contributed by atoms with Gasteiger partial charge in [0.15, 0.2) is 0 Å². The van der Waals surface area contributed by atoms with Gasteiger partial charge in [-0.15, -0.1) is 30.0 Å². The summed E-state index contributed by atoms with van der Waals surface area (Å²) in [5.74, 6) is 1.16. The van der Waals surface area contributed by atoms with E-state index in [4.69, 9.17) is 11.2 Å². The Morgan fingerprint density at radius 1 is 0.773 bits per heavy atom. The zero-order valence-electron chi connectivity index (χ0n) is 23.4. The van der Waals surface area contributed by atoms with Crippen molar-refractivity contribution in [1.82, 2.24) is 9.55 Å². The first-order valence-electron chi connectivity index (χ1n) is 13.2. The standard InChI is InChI=1S/C31H19N3O.C6H4N.2Pt/c1-33-22-34(31-16-6-5-15-30(31)33)26-12-8-14-28(21-26)35-27-13-7-11-25(19-27)29-20-24(17-18-32-29)23-9-3-2-4-10-23;1-2-7-5-3-4-6-7;;/h2-9,12-18,22H,1H3;3-6H;;/q-6;-1;;+4. The average molecular weight is 930 g/mol. The molecule has 0 aliphatic carbocycles. The summed E-state index contributed by atoms with van der Waals surface area (Å²) in [6.45, 7) is 2.04. The molecule has 0 N–H and O–H groups in total. The monoisotopic (exact) mass is 929 g/mol. The van der Waals surface area contributed by atoms with Crippen LogP contribution in [-0.4, -0.2) is 16.6 Å². The number of hydrogen-bond acceptors (Lipinski definition) is 4. The van der Waals surface area contributed by atoms with Crippen LogP contribution in [0.2, 0.25) is 0 Å². The van der Waals surface area contributed by atoms with Crippen molar-refractivity contribution in [3.63, 3.8) is 0 Å². The molecule has 0 fully saturated rings. The second-order valence-corrected chi connectivity index (χ2v) is 9.24. The Morgan fingerprint density at radius 2 is 1.55 bits per heavy atom. The minimum atomic E-state index is 0. The molecule has 0 atom stereocenters. The maximum atomic E-state index is 6.57. The van der Waals surface area contributed by atoms with Gasteiger partial charge in [0.25, 0.3) is 0 Å². The molecule has 0 spiro atoms. The molecule has 3 heterocycles. The van der Waals surface area contributed by atoms with Crippen LogP contribution in [0.4, 0.5) is 17.1 Å². The Labute approximate surface area is 287 Å². The molecule has 1 aliphatic heterocycles.